The Kier molecular flexibility index (Phi) is 5.73. The first-order valence-electron chi connectivity index (χ1n) is 5.80. The molecule has 20 heavy (non-hydrogen) atoms. The summed E-state index contributed by atoms with van der Waals surface area (Å²) >= 11 is 0. The molecule has 0 aliphatic carbocycles. The normalized spacial score (nSPS) is 10.5. The van der Waals surface area contributed by atoms with Crippen molar-refractivity contribution in [2.75, 3.05) is 26.7 Å². The van der Waals surface area contributed by atoms with Crippen molar-refractivity contribution < 1.29 is 29.0 Å². The Bertz CT molecular complexity index is 454. The van der Waals surface area contributed by atoms with Gasteiger partial charge in [-0.1, -0.05) is 0 Å². The number of amides is 1. The molecule has 0 spiro atoms. The molecule has 2 N–H and O–H groups in total. The number of nitrogens with zero attached hydrogens (tertiary/aromatic N) is 2. The molecule has 1 rings (SSSR count). The third-order valence-corrected chi connectivity index (χ3v) is 2.48. The zero-order valence-corrected chi connectivity index (χ0v) is 11.0. The van der Waals surface area contributed by atoms with Gasteiger partial charge < -0.3 is 19.5 Å². The number of aliphatic carboxylic acids is 2. The van der Waals surface area contributed by atoms with Gasteiger partial charge in [-0.15, -0.1) is 0 Å². The van der Waals surface area contributed by atoms with Crippen LogP contribution in [0.4, 0.5) is 0 Å². The van der Waals surface area contributed by atoms with Crippen molar-refractivity contribution in [2.24, 2.45) is 0 Å². The maximum absolute atomic E-state index is 11.9. The molecule has 0 bridgehead atoms. The largest absolute Gasteiger partial charge is 0.480 e. The molecule has 0 aromatic carbocycles. The summed E-state index contributed by atoms with van der Waals surface area (Å²) in [6.07, 6.45) is 1.48. The summed E-state index contributed by atoms with van der Waals surface area (Å²) in [6, 6.07) is 3.39. The Balaban J connectivity index is 2.55. The van der Waals surface area contributed by atoms with E-state index in [1.807, 2.05) is 0 Å². The lowest BCUT2D eigenvalue weighted by molar-refractivity contribution is -0.143. The summed E-state index contributed by atoms with van der Waals surface area (Å²) in [6.45, 7) is -1.06. The Morgan fingerprint density at radius 2 is 1.75 bits per heavy atom. The van der Waals surface area contributed by atoms with E-state index in [-0.39, 0.29) is 19.0 Å². The highest BCUT2D eigenvalue weighted by atomic mass is 16.4. The van der Waals surface area contributed by atoms with E-state index in [4.69, 9.17) is 14.6 Å². The molecule has 8 nitrogen and oxygen atoms in total. The number of furan rings is 1. The minimum atomic E-state index is -1.19. The van der Waals surface area contributed by atoms with Gasteiger partial charge in [-0.05, 0) is 12.1 Å². The average Bonchev–Trinajstić information content (AvgIpc) is 2.79. The van der Waals surface area contributed by atoms with E-state index in [2.05, 4.69) is 0 Å². The molecule has 1 heterocycles. The molecule has 0 aliphatic rings. The maximum Gasteiger partial charge on any atom is 0.317 e. The van der Waals surface area contributed by atoms with Crippen molar-refractivity contribution in [3.05, 3.63) is 24.2 Å². The van der Waals surface area contributed by atoms with E-state index in [1.54, 1.807) is 12.1 Å². The van der Waals surface area contributed by atoms with Gasteiger partial charge in [0.25, 0.3) is 0 Å². The third-order valence-electron chi connectivity index (χ3n) is 2.48. The smallest absolute Gasteiger partial charge is 0.317 e. The topological polar surface area (TPSA) is 111 Å². The number of likely N-dealkylation sites (N-methyl/N-ethyl adjacent to an activating group) is 1. The molecule has 1 aromatic rings. The quantitative estimate of drug-likeness (QED) is 0.674. The van der Waals surface area contributed by atoms with Crippen LogP contribution >= 0.6 is 0 Å². The second-order valence-corrected chi connectivity index (χ2v) is 4.26. The fourth-order valence-corrected chi connectivity index (χ4v) is 1.59. The van der Waals surface area contributed by atoms with Crippen LogP contribution in [-0.4, -0.2) is 64.5 Å². The molecule has 1 aromatic heterocycles. The number of hydrogen-bond donors (Lipinski definition) is 2. The van der Waals surface area contributed by atoms with Gasteiger partial charge in [0.1, 0.15) is 5.76 Å². The fraction of sp³-hybridized carbons (Fsp3) is 0.417. The minimum absolute atomic E-state index is 0.236. The first kappa shape index (κ1) is 15.7. The SMILES string of the molecule is CN(Cc1ccco1)C(=O)CN(CC(=O)O)CC(=O)O. The lowest BCUT2D eigenvalue weighted by Gasteiger charge is -2.21. The maximum atomic E-state index is 11.9. The predicted molar refractivity (Wildman–Crippen MR) is 66.9 cm³/mol. The molecule has 0 aliphatic heterocycles. The molecule has 0 saturated heterocycles. The molecule has 0 radical (unpaired) electrons. The highest BCUT2D eigenvalue weighted by Crippen LogP contribution is 2.04. The summed E-state index contributed by atoms with van der Waals surface area (Å²) in [5.41, 5.74) is 0. The molecule has 0 atom stereocenters. The first-order chi connectivity index (χ1) is 9.38. The monoisotopic (exact) mass is 284 g/mol. The molecule has 1 amide bonds. The van der Waals surface area contributed by atoms with Crippen molar-refractivity contribution >= 4 is 17.8 Å². The van der Waals surface area contributed by atoms with Crippen molar-refractivity contribution in [2.45, 2.75) is 6.54 Å². The molecular weight excluding hydrogens is 268 g/mol. The number of carbonyl (C=O) groups is 3. The van der Waals surface area contributed by atoms with E-state index >= 15 is 0 Å². The summed E-state index contributed by atoms with van der Waals surface area (Å²) < 4.78 is 5.09. The van der Waals surface area contributed by atoms with Crippen LogP contribution in [0.3, 0.4) is 0 Å². The van der Waals surface area contributed by atoms with Gasteiger partial charge >= 0.3 is 11.9 Å². The molecular formula is C12H16N2O6. The lowest BCUT2D eigenvalue weighted by atomic mass is 10.3. The Hall–Kier alpha value is -2.35. The number of hydrogen-bond acceptors (Lipinski definition) is 5. The van der Waals surface area contributed by atoms with E-state index in [0.29, 0.717) is 5.76 Å². The summed E-state index contributed by atoms with van der Waals surface area (Å²) in [5.74, 6) is -2.17. The number of carbonyl (C=O) groups excluding carboxylic acids is 1. The summed E-state index contributed by atoms with van der Waals surface area (Å²) in [5, 5.41) is 17.4. The van der Waals surface area contributed by atoms with E-state index in [9.17, 15) is 14.4 Å². The molecule has 110 valence electrons. The first-order valence-corrected chi connectivity index (χ1v) is 5.80. The number of carboxylic acid groups (broad SMARTS) is 2. The zero-order valence-electron chi connectivity index (χ0n) is 11.0. The summed E-state index contributed by atoms with van der Waals surface area (Å²) in [4.78, 5) is 35.5. The molecule has 0 fully saturated rings. The van der Waals surface area contributed by atoms with Gasteiger partial charge in [-0.25, -0.2) is 0 Å². The van der Waals surface area contributed by atoms with Gasteiger partial charge in [-0.2, -0.15) is 0 Å². The van der Waals surface area contributed by atoms with Gasteiger partial charge in [0, 0.05) is 7.05 Å². The Morgan fingerprint density at radius 1 is 1.15 bits per heavy atom. The third kappa shape index (κ3) is 5.53. The number of carboxylic acids is 2. The van der Waals surface area contributed by atoms with Crippen LogP contribution in [0.25, 0.3) is 0 Å². The van der Waals surface area contributed by atoms with E-state index in [0.717, 1.165) is 4.90 Å². The van der Waals surface area contributed by atoms with Crippen molar-refractivity contribution in [3.8, 4) is 0 Å². The van der Waals surface area contributed by atoms with Crippen LogP contribution in [-0.2, 0) is 20.9 Å². The van der Waals surface area contributed by atoms with Gasteiger partial charge in [0.2, 0.25) is 5.91 Å². The van der Waals surface area contributed by atoms with Gasteiger partial charge in [0.15, 0.2) is 0 Å². The van der Waals surface area contributed by atoms with Crippen molar-refractivity contribution in [1.29, 1.82) is 0 Å². The highest BCUT2D eigenvalue weighted by molar-refractivity contribution is 5.80. The standard InChI is InChI=1S/C12H16N2O6/c1-13(5-9-3-2-4-20-9)10(15)6-14(7-11(16)17)8-12(18)19/h2-4H,5-8H2,1H3,(H,16,17)(H,18,19). The van der Waals surface area contributed by atoms with Gasteiger partial charge in [0.05, 0.1) is 32.4 Å². The van der Waals surface area contributed by atoms with Crippen LogP contribution < -0.4 is 0 Å². The zero-order chi connectivity index (χ0) is 15.1. The highest BCUT2D eigenvalue weighted by Gasteiger charge is 2.19. The van der Waals surface area contributed by atoms with Crippen LogP contribution in [0.2, 0.25) is 0 Å². The van der Waals surface area contributed by atoms with E-state index < -0.39 is 25.0 Å². The van der Waals surface area contributed by atoms with Crippen LogP contribution in [0.5, 0.6) is 0 Å². The molecule has 0 unspecified atom stereocenters. The Morgan fingerprint density at radius 3 is 2.20 bits per heavy atom. The van der Waals surface area contributed by atoms with Crippen LogP contribution in [0, 0.1) is 0 Å². The van der Waals surface area contributed by atoms with Crippen LogP contribution in [0.15, 0.2) is 22.8 Å². The lowest BCUT2D eigenvalue weighted by Crippen LogP contribution is -2.42. The van der Waals surface area contributed by atoms with Crippen LogP contribution in [0.1, 0.15) is 5.76 Å². The Labute approximate surface area is 115 Å². The predicted octanol–water partition coefficient (Wildman–Crippen LogP) is -0.291. The molecule has 8 heteroatoms. The number of rotatable bonds is 8. The molecule has 0 saturated carbocycles. The fourth-order valence-electron chi connectivity index (χ4n) is 1.59. The minimum Gasteiger partial charge on any atom is -0.480 e. The van der Waals surface area contributed by atoms with E-state index in [1.165, 1.54) is 18.2 Å². The second kappa shape index (κ2) is 7.29. The summed E-state index contributed by atoms with van der Waals surface area (Å²) in [7, 11) is 1.53. The van der Waals surface area contributed by atoms with Crippen molar-refractivity contribution in [3.63, 3.8) is 0 Å². The average molecular weight is 284 g/mol. The van der Waals surface area contributed by atoms with Crippen molar-refractivity contribution in [1.82, 2.24) is 9.80 Å². The van der Waals surface area contributed by atoms with Gasteiger partial charge in [-0.3, -0.25) is 19.3 Å². The second-order valence-electron chi connectivity index (χ2n) is 4.26.